The van der Waals surface area contributed by atoms with Crippen molar-refractivity contribution in [3.8, 4) is 0 Å². The van der Waals surface area contributed by atoms with E-state index in [1.807, 2.05) is 10.8 Å². The van der Waals surface area contributed by atoms with Crippen LogP contribution in [0.15, 0.2) is 30.6 Å². The monoisotopic (exact) mass is 299 g/mol. The van der Waals surface area contributed by atoms with Gasteiger partial charge in [-0.15, -0.1) is 0 Å². The third-order valence-electron chi connectivity index (χ3n) is 2.73. The number of nitrogens with zero attached hydrogens (tertiary/aromatic N) is 2. The Morgan fingerprint density at radius 2 is 2.21 bits per heavy atom. The molecule has 0 saturated heterocycles. The summed E-state index contributed by atoms with van der Waals surface area (Å²) in [5.41, 5.74) is 0.728. The topological polar surface area (TPSA) is 39.1 Å². The Balaban J connectivity index is 2.24. The summed E-state index contributed by atoms with van der Waals surface area (Å²) >= 11 is 12.1. The molecule has 1 aromatic carbocycles. The van der Waals surface area contributed by atoms with E-state index in [2.05, 4.69) is 17.2 Å². The maximum absolute atomic E-state index is 6.12. The van der Waals surface area contributed by atoms with Crippen molar-refractivity contribution < 1.29 is 4.74 Å². The van der Waals surface area contributed by atoms with Gasteiger partial charge < -0.3 is 14.6 Å². The quantitative estimate of drug-likeness (QED) is 0.902. The molecule has 1 unspecified atom stereocenters. The Hall–Kier alpha value is -1.23. The third-order valence-corrected chi connectivity index (χ3v) is 3.29. The molecule has 6 heteroatoms. The number of ether oxygens (including phenoxy) is 1. The summed E-state index contributed by atoms with van der Waals surface area (Å²) in [6.45, 7) is 2.66. The van der Waals surface area contributed by atoms with Crippen molar-refractivity contribution >= 4 is 34.8 Å². The molecule has 102 valence electrons. The highest BCUT2D eigenvalue weighted by Gasteiger charge is 2.11. The zero-order chi connectivity index (χ0) is 13.8. The zero-order valence-corrected chi connectivity index (χ0v) is 12.2. The normalized spacial score (nSPS) is 12.4. The van der Waals surface area contributed by atoms with Crippen LogP contribution in [0, 0.1) is 0 Å². The Kier molecular flexibility index (Phi) is 4.69. The summed E-state index contributed by atoms with van der Waals surface area (Å²) in [5.74, 6) is 0.703. The fraction of sp³-hybridized carbons (Fsp3) is 0.308. The number of aromatic nitrogens is 2. The summed E-state index contributed by atoms with van der Waals surface area (Å²) in [6.07, 6.45) is 3.62. The minimum atomic E-state index is 0.174. The molecule has 0 aliphatic heterocycles. The molecule has 0 aliphatic carbocycles. The van der Waals surface area contributed by atoms with E-state index < -0.39 is 0 Å². The van der Waals surface area contributed by atoms with E-state index in [1.165, 1.54) is 0 Å². The fourth-order valence-electron chi connectivity index (χ4n) is 1.80. The minimum Gasteiger partial charge on any atom is -0.383 e. The average Bonchev–Trinajstić information content (AvgIpc) is 2.82. The van der Waals surface area contributed by atoms with Crippen LogP contribution in [0.25, 0.3) is 0 Å². The van der Waals surface area contributed by atoms with Gasteiger partial charge in [0, 0.05) is 24.5 Å². The summed E-state index contributed by atoms with van der Waals surface area (Å²) in [7, 11) is 1.67. The van der Waals surface area contributed by atoms with E-state index in [1.54, 1.807) is 31.5 Å². The Bertz CT molecular complexity index is 557. The van der Waals surface area contributed by atoms with Gasteiger partial charge in [0.15, 0.2) is 0 Å². The zero-order valence-electron chi connectivity index (χ0n) is 10.7. The number of benzene rings is 1. The number of nitrogens with one attached hydrogen (secondary N) is 1. The van der Waals surface area contributed by atoms with Crippen LogP contribution in [-0.2, 0) is 4.74 Å². The molecule has 0 spiro atoms. The van der Waals surface area contributed by atoms with Gasteiger partial charge in [0.25, 0.3) is 0 Å². The lowest BCUT2D eigenvalue weighted by atomic mass is 10.3. The highest BCUT2D eigenvalue weighted by Crippen LogP contribution is 2.28. The second kappa shape index (κ2) is 6.28. The predicted octanol–water partition coefficient (Wildman–Crippen LogP) is 4.14. The maximum Gasteiger partial charge on any atom is 0.207 e. The van der Waals surface area contributed by atoms with Crippen molar-refractivity contribution in [3.05, 3.63) is 40.6 Å². The van der Waals surface area contributed by atoms with Crippen molar-refractivity contribution in [3.63, 3.8) is 0 Å². The highest BCUT2D eigenvalue weighted by atomic mass is 35.5. The lowest BCUT2D eigenvalue weighted by Crippen LogP contribution is -2.12. The molecule has 0 bridgehead atoms. The summed E-state index contributed by atoms with van der Waals surface area (Å²) < 4.78 is 7.14. The van der Waals surface area contributed by atoms with Gasteiger partial charge in [-0.1, -0.05) is 23.2 Å². The van der Waals surface area contributed by atoms with Gasteiger partial charge in [-0.3, -0.25) is 0 Å². The molecule has 2 aromatic rings. The summed E-state index contributed by atoms with van der Waals surface area (Å²) in [6, 6.07) is 5.44. The molecule has 4 nitrogen and oxygen atoms in total. The van der Waals surface area contributed by atoms with Crippen LogP contribution in [-0.4, -0.2) is 23.3 Å². The first-order valence-electron chi connectivity index (χ1n) is 5.85. The van der Waals surface area contributed by atoms with Crippen LogP contribution < -0.4 is 5.32 Å². The number of imidazole rings is 1. The van der Waals surface area contributed by atoms with Crippen LogP contribution in [0.2, 0.25) is 10.0 Å². The van der Waals surface area contributed by atoms with Gasteiger partial charge in [-0.05, 0) is 25.1 Å². The minimum absolute atomic E-state index is 0.174. The van der Waals surface area contributed by atoms with Crippen LogP contribution in [0.5, 0.6) is 0 Å². The Morgan fingerprint density at radius 1 is 1.42 bits per heavy atom. The molecular formula is C13H15Cl2N3O. The van der Waals surface area contributed by atoms with Crippen LogP contribution >= 0.6 is 23.2 Å². The van der Waals surface area contributed by atoms with Crippen molar-refractivity contribution in [1.29, 1.82) is 0 Å². The van der Waals surface area contributed by atoms with E-state index >= 15 is 0 Å². The molecule has 0 fully saturated rings. The van der Waals surface area contributed by atoms with Crippen molar-refractivity contribution in [2.24, 2.45) is 0 Å². The molecule has 0 radical (unpaired) electrons. The van der Waals surface area contributed by atoms with Gasteiger partial charge in [-0.2, -0.15) is 0 Å². The molecule has 2 rings (SSSR count). The number of methoxy groups -OCH3 is 1. The van der Waals surface area contributed by atoms with E-state index in [4.69, 9.17) is 27.9 Å². The van der Waals surface area contributed by atoms with Crippen molar-refractivity contribution in [2.45, 2.75) is 13.0 Å². The summed E-state index contributed by atoms with van der Waals surface area (Å²) in [4.78, 5) is 4.28. The van der Waals surface area contributed by atoms with Gasteiger partial charge in [-0.25, -0.2) is 4.98 Å². The SMILES string of the molecule is COCC(C)n1ccnc1Nc1cc(Cl)ccc1Cl. The molecule has 1 atom stereocenters. The van der Waals surface area contributed by atoms with Crippen molar-refractivity contribution in [2.75, 3.05) is 19.0 Å². The maximum atomic E-state index is 6.12. The first kappa shape index (κ1) is 14.2. The lowest BCUT2D eigenvalue weighted by molar-refractivity contribution is 0.163. The fourth-order valence-corrected chi connectivity index (χ4v) is 2.14. The molecular weight excluding hydrogens is 285 g/mol. The highest BCUT2D eigenvalue weighted by molar-refractivity contribution is 6.35. The Labute approximate surface area is 122 Å². The van der Waals surface area contributed by atoms with Gasteiger partial charge in [0.2, 0.25) is 5.95 Å². The average molecular weight is 300 g/mol. The number of rotatable bonds is 5. The number of halogens is 2. The largest absolute Gasteiger partial charge is 0.383 e. The molecule has 19 heavy (non-hydrogen) atoms. The smallest absolute Gasteiger partial charge is 0.207 e. The number of anilines is 2. The molecule has 0 amide bonds. The van der Waals surface area contributed by atoms with E-state index in [9.17, 15) is 0 Å². The van der Waals surface area contributed by atoms with Gasteiger partial charge >= 0.3 is 0 Å². The third kappa shape index (κ3) is 3.41. The van der Waals surface area contributed by atoms with Gasteiger partial charge in [0.1, 0.15) is 0 Å². The van der Waals surface area contributed by atoms with Crippen LogP contribution in [0.3, 0.4) is 0 Å². The van der Waals surface area contributed by atoms with Crippen LogP contribution in [0.1, 0.15) is 13.0 Å². The van der Waals surface area contributed by atoms with E-state index in [-0.39, 0.29) is 6.04 Å². The molecule has 1 aromatic heterocycles. The molecule has 1 N–H and O–H groups in total. The number of hydrogen-bond acceptors (Lipinski definition) is 3. The second-order valence-corrected chi connectivity index (χ2v) is 5.06. The van der Waals surface area contributed by atoms with E-state index in [0.717, 1.165) is 5.69 Å². The van der Waals surface area contributed by atoms with Crippen molar-refractivity contribution in [1.82, 2.24) is 9.55 Å². The Morgan fingerprint density at radius 3 is 2.95 bits per heavy atom. The summed E-state index contributed by atoms with van der Waals surface area (Å²) in [5, 5.41) is 4.40. The lowest BCUT2D eigenvalue weighted by Gasteiger charge is -2.16. The number of hydrogen-bond donors (Lipinski definition) is 1. The predicted molar refractivity (Wildman–Crippen MR) is 78.6 cm³/mol. The van der Waals surface area contributed by atoms with Crippen LogP contribution in [0.4, 0.5) is 11.6 Å². The first-order chi connectivity index (χ1) is 9.11. The first-order valence-corrected chi connectivity index (χ1v) is 6.61. The standard InChI is InChI=1S/C13H15Cl2N3O/c1-9(8-19-2)18-6-5-16-13(18)17-12-7-10(14)3-4-11(12)15/h3-7,9H,8H2,1-2H3,(H,16,17). The second-order valence-electron chi connectivity index (χ2n) is 4.21. The molecule has 1 heterocycles. The van der Waals surface area contributed by atoms with Gasteiger partial charge in [0.05, 0.1) is 23.4 Å². The van der Waals surface area contributed by atoms with E-state index in [0.29, 0.717) is 22.6 Å². The molecule has 0 aliphatic rings. The molecule has 0 saturated carbocycles.